The lowest BCUT2D eigenvalue weighted by Crippen LogP contribution is -2.45. The summed E-state index contributed by atoms with van der Waals surface area (Å²) in [5, 5.41) is 0.797. The molecule has 1 saturated carbocycles. The molecule has 4 heteroatoms. The summed E-state index contributed by atoms with van der Waals surface area (Å²) < 4.78 is 5.56. The van der Waals surface area contributed by atoms with E-state index in [1.165, 1.54) is 5.56 Å². The van der Waals surface area contributed by atoms with Crippen LogP contribution in [0.4, 0.5) is 0 Å². The molecular formula is C16H22BrNO2. The molecule has 1 aliphatic rings. The first-order valence-electron chi connectivity index (χ1n) is 7.12. The molecule has 0 N–H and O–H groups in total. The number of alkyl halides is 1. The van der Waals surface area contributed by atoms with Gasteiger partial charge in [-0.15, -0.1) is 0 Å². The second-order valence-electron chi connectivity index (χ2n) is 5.41. The quantitative estimate of drug-likeness (QED) is 0.713. The van der Waals surface area contributed by atoms with Gasteiger partial charge < -0.3 is 9.64 Å². The van der Waals surface area contributed by atoms with Crippen molar-refractivity contribution in [3.8, 4) is 0 Å². The molecular weight excluding hydrogens is 318 g/mol. The summed E-state index contributed by atoms with van der Waals surface area (Å²) in [7, 11) is 1.72. The maximum absolute atomic E-state index is 12.5. The number of benzene rings is 1. The van der Waals surface area contributed by atoms with E-state index >= 15 is 0 Å². The topological polar surface area (TPSA) is 29.5 Å². The third kappa shape index (κ3) is 3.83. The van der Waals surface area contributed by atoms with E-state index in [4.69, 9.17) is 4.74 Å². The predicted octanol–water partition coefficient (Wildman–Crippen LogP) is 3.37. The maximum Gasteiger partial charge on any atom is 0.225 e. The van der Waals surface area contributed by atoms with Gasteiger partial charge in [0, 0.05) is 25.5 Å². The highest BCUT2D eigenvalue weighted by atomic mass is 79.9. The first-order chi connectivity index (χ1) is 9.69. The highest BCUT2D eigenvalue weighted by Crippen LogP contribution is 2.38. The minimum absolute atomic E-state index is 0.190. The van der Waals surface area contributed by atoms with Crippen molar-refractivity contribution < 1.29 is 9.53 Å². The summed E-state index contributed by atoms with van der Waals surface area (Å²) in [6.45, 7) is 1.40. The molecule has 0 unspecified atom stereocenters. The monoisotopic (exact) mass is 339 g/mol. The molecule has 0 bridgehead atoms. The number of halogens is 1. The molecule has 0 heterocycles. The zero-order chi connectivity index (χ0) is 14.4. The van der Waals surface area contributed by atoms with Crippen LogP contribution in [0.1, 0.15) is 31.2 Å². The second kappa shape index (κ2) is 7.23. The van der Waals surface area contributed by atoms with Crippen LogP contribution in [0.3, 0.4) is 0 Å². The van der Waals surface area contributed by atoms with E-state index in [1.54, 1.807) is 7.11 Å². The van der Waals surface area contributed by atoms with E-state index in [2.05, 4.69) is 28.1 Å². The third-order valence-electron chi connectivity index (χ3n) is 4.09. The molecule has 0 saturated heterocycles. The van der Waals surface area contributed by atoms with Gasteiger partial charge in [-0.05, 0) is 24.8 Å². The summed E-state index contributed by atoms with van der Waals surface area (Å²) >= 11 is 3.43. The molecule has 20 heavy (non-hydrogen) atoms. The molecule has 1 fully saturated rings. The van der Waals surface area contributed by atoms with Crippen molar-refractivity contribution in [2.45, 2.75) is 37.8 Å². The Morgan fingerprint density at radius 3 is 2.55 bits per heavy atom. The van der Waals surface area contributed by atoms with Crippen molar-refractivity contribution in [1.29, 1.82) is 0 Å². The summed E-state index contributed by atoms with van der Waals surface area (Å²) in [5.74, 6) is 0.190. The smallest absolute Gasteiger partial charge is 0.225 e. The predicted molar refractivity (Wildman–Crippen MR) is 83.9 cm³/mol. The van der Waals surface area contributed by atoms with E-state index in [0.717, 1.165) is 31.1 Å². The van der Waals surface area contributed by atoms with Crippen LogP contribution < -0.4 is 0 Å². The summed E-state index contributed by atoms with van der Waals surface area (Å²) in [5.41, 5.74) is 0.972. The van der Waals surface area contributed by atoms with E-state index < -0.39 is 0 Å². The Labute approximate surface area is 129 Å². The number of amides is 1. The van der Waals surface area contributed by atoms with Crippen molar-refractivity contribution in [3.63, 3.8) is 0 Å². The average molecular weight is 340 g/mol. The van der Waals surface area contributed by atoms with Crippen molar-refractivity contribution in [2.75, 3.05) is 19.0 Å². The van der Waals surface area contributed by atoms with Gasteiger partial charge in [0.2, 0.25) is 5.91 Å². The molecule has 2 rings (SSSR count). The molecule has 0 atom stereocenters. The third-order valence-corrected chi connectivity index (χ3v) is 4.45. The van der Waals surface area contributed by atoms with Crippen LogP contribution >= 0.6 is 15.9 Å². The zero-order valence-corrected chi connectivity index (χ0v) is 13.6. The Morgan fingerprint density at radius 1 is 1.35 bits per heavy atom. The number of hydrogen-bond donors (Lipinski definition) is 0. The first kappa shape index (κ1) is 15.5. The number of hydrogen-bond acceptors (Lipinski definition) is 2. The summed E-state index contributed by atoms with van der Waals surface area (Å²) in [6.07, 6.45) is 3.67. The van der Waals surface area contributed by atoms with E-state index in [0.29, 0.717) is 13.0 Å². The number of carbonyl (C=O) groups is 1. The number of methoxy groups -OCH3 is 1. The minimum Gasteiger partial charge on any atom is -0.378 e. The van der Waals surface area contributed by atoms with Crippen LogP contribution in [-0.4, -0.2) is 35.4 Å². The largest absolute Gasteiger partial charge is 0.378 e. The lowest BCUT2D eigenvalue weighted by molar-refractivity contribution is -0.144. The molecule has 0 spiro atoms. The average Bonchev–Trinajstić information content (AvgIpc) is 2.43. The highest BCUT2D eigenvalue weighted by Gasteiger charge is 2.39. The van der Waals surface area contributed by atoms with Crippen LogP contribution in [0.15, 0.2) is 30.3 Å². The lowest BCUT2D eigenvalue weighted by atomic mass is 9.77. The van der Waals surface area contributed by atoms with Crippen LogP contribution in [0, 0.1) is 0 Å². The Balaban J connectivity index is 1.98. The van der Waals surface area contributed by atoms with Crippen LogP contribution in [-0.2, 0) is 16.1 Å². The van der Waals surface area contributed by atoms with Crippen LogP contribution in [0.2, 0.25) is 0 Å². The number of carbonyl (C=O) groups excluding carboxylic acids is 1. The number of nitrogens with zero attached hydrogens (tertiary/aromatic N) is 1. The van der Waals surface area contributed by atoms with Gasteiger partial charge in [-0.2, -0.15) is 0 Å². The van der Waals surface area contributed by atoms with Crippen molar-refractivity contribution in [2.24, 2.45) is 0 Å². The molecule has 0 aliphatic heterocycles. The Bertz CT molecular complexity index is 426. The van der Waals surface area contributed by atoms with Gasteiger partial charge in [-0.1, -0.05) is 46.3 Å². The van der Waals surface area contributed by atoms with Gasteiger partial charge in [-0.25, -0.2) is 0 Å². The molecule has 1 amide bonds. The van der Waals surface area contributed by atoms with Gasteiger partial charge in [0.05, 0.1) is 12.0 Å². The van der Waals surface area contributed by atoms with Crippen molar-refractivity contribution in [3.05, 3.63) is 35.9 Å². The van der Waals surface area contributed by atoms with Crippen molar-refractivity contribution in [1.82, 2.24) is 4.90 Å². The molecule has 0 radical (unpaired) electrons. The number of ether oxygens (including phenoxy) is 1. The molecule has 1 aromatic carbocycles. The lowest BCUT2D eigenvalue weighted by Gasteiger charge is -2.41. The van der Waals surface area contributed by atoms with Crippen LogP contribution in [0.5, 0.6) is 0 Å². The van der Waals surface area contributed by atoms with Crippen molar-refractivity contribution >= 4 is 21.8 Å². The normalized spacial score (nSPS) is 16.5. The first-order valence-corrected chi connectivity index (χ1v) is 8.24. The van der Waals surface area contributed by atoms with E-state index in [9.17, 15) is 4.79 Å². The summed E-state index contributed by atoms with van der Waals surface area (Å²) in [6, 6.07) is 10.1. The Hall–Kier alpha value is -0.870. The maximum atomic E-state index is 12.5. The molecule has 0 aromatic heterocycles. The fourth-order valence-electron chi connectivity index (χ4n) is 2.61. The Morgan fingerprint density at radius 2 is 2.05 bits per heavy atom. The van der Waals surface area contributed by atoms with Gasteiger partial charge >= 0.3 is 0 Å². The van der Waals surface area contributed by atoms with E-state index in [1.807, 2.05) is 23.1 Å². The molecule has 1 aliphatic carbocycles. The SMILES string of the molecule is COC1(CC(=O)N(CCBr)Cc2ccccc2)CCC1. The van der Waals surface area contributed by atoms with Gasteiger partial charge in [0.1, 0.15) is 0 Å². The fourth-order valence-corrected chi connectivity index (χ4v) is 3.04. The number of rotatable bonds is 7. The fraction of sp³-hybridized carbons (Fsp3) is 0.562. The summed E-state index contributed by atoms with van der Waals surface area (Å²) in [4.78, 5) is 14.4. The van der Waals surface area contributed by atoms with Gasteiger partial charge in [-0.3, -0.25) is 4.79 Å². The standard InChI is InChI=1S/C16H22BrNO2/c1-20-16(8-5-9-16)12-15(19)18(11-10-17)13-14-6-3-2-4-7-14/h2-4,6-7H,5,8-13H2,1H3. The highest BCUT2D eigenvalue weighted by molar-refractivity contribution is 9.09. The second-order valence-corrected chi connectivity index (χ2v) is 6.20. The van der Waals surface area contributed by atoms with E-state index in [-0.39, 0.29) is 11.5 Å². The minimum atomic E-state index is -0.196. The molecule has 110 valence electrons. The van der Waals surface area contributed by atoms with Crippen LogP contribution in [0.25, 0.3) is 0 Å². The Kier molecular flexibility index (Phi) is 5.61. The zero-order valence-electron chi connectivity index (χ0n) is 12.0. The van der Waals surface area contributed by atoms with Gasteiger partial charge in [0.25, 0.3) is 0 Å². The molecule has 1 aromatic rings. The van der Waals surface area contributed by atoms with Gasteiger partial charge in [0.15, 0.2) is 0 Å². The molecule has 3 nitrogen and oxygen atoms in total.